The molecule has 8 heteroatoms. The molecule has 0 saturated heterocycles. The molecule has 0 atom stereocenters. The van der Waals surface area contributed by atoms with E-state index in [0.717, 1.165) is 37.1 Å². The predicted octanol–water partition coefficient (Wildman–Crippen LogP) is 3.59. The summed E-state index contributed by atoms with van der Waals surface area (Å²) >= 11 is 0. The molecule has 0 spiro atoms. The first-order valence-corrected chi connectivity index (χ1v) is 10.00. The summed E-state index contributed by atoms with van der Waals surface area (Å²) in [6.45, 7) is 7.90. The maximum atomic E-state index is 12.7. The molecule has 2 aromatic rings. The molecule has 1 aliphatic carbocycles. The molecule has 152 valence electrons. The van der Waals surface area contributed by atoms with E-state index in [1.54, 1.807) is 13.1 Å². The molecule has 1 saturated carbocycles. The normalized spacial score (nSPS) is 15.1. The number of carbonyl (C=O) groups is 2. The van der Waals surface area contributed by atoms with Crippen LogP contribution in [0.1, 0.15) is 73.9 Å². The number of anilines is 2. The van der Waals surface area contributed by atoms with Crippen molar-refractivity contribution in [2.24, 2.45) is 13.0 Å². The highest BCUT2D eigenvalue weighted by Gasteiger charge is 2.23. The van der Waals surface area contributed by atoms with E-state index in [2.05, 4.69) is 20.8 Å². The Balaban J connectivity index is 1.72. The van der Waals surface area contributed by atoms with Crippen LogP contribution in [0.15, 0.2) is 6.07 Å². The monoisotopic (exact) mass is 386 g/mol. The van der Waals surface area contributed by atoms with Gasteiger partial charge in [0.15, 0.2) is 5.69 Å². The Morgan fingerprint density at radius 3 is 2.39 bits per heavy atom. The second-order valence-corrected chi connectivity index (χ2v) is 7.90. The summed E-state index contributed by atoms with van der Waals surface area (Å²) in [5.74, 6) is 0.281. The van der Waals surface area contributed by atoms with E-state index in [-0.39, 0.29) is 29.5 Å². The van der Waals surface area contributed by atoms with Gasteiger partial charge in [0, 0.05) is 25.1 Å². The third-order valence-corrected chi connectivity index (χ3v) is 5.39. The molecule has 0 unspecified atom stereocenters. The molecule has 2 N–H and O–H groups in total. The third-order valence-electron chi connectivity index (χ3n) is 5.39. The Kier molecular flexibility index (Phi) is 5.86. The van der Waals surface area contributed by atoms with E-state index in [4.69, 9.17) is 0 Å². The molecule has 2 heterocycles. The summed E-state index contributed by atoms with van der Waals surface area (Å²) < 4.78 is 3.42. The Labute approximate surface area is 165 Å². The summed E-state index contributed by atoms with van der Waals surface area (Å²) in [4.78, 5) is 25.2. The van der Waals surface area contributed by atoms with Gasteiger partial charge in [0.25, 0.3) is 5.91 Å². The molecule has 0 radical (unpaired) electrons. The Hall–Kier alpha value is -2.64. The van der Waals surface area contributed by atoms with Gasteiger partial charge < -0.3 is 10.6 Å². The van der Waals surface area contributed by atoms with Crippen molar-refractivity contribution in [3.05, 3.63) is 23.1 Å². The van der Waals surface area contributed by atoms with Crippen LogP contribution in [-0.2, 0) is 11.8 Å². The molecule has 28 heavy (non-hydrogen) atoms. The zero-order chi connectivity index (χ0) is 20.4. The second kappa shape index (κ2) is 8.16. The van der Waals surface area contributed by atoms with Gasteiger partial charge in [-0.3, -0.25) is 19.0 Å². The van der Waals surface area contributed by atoms with Crippen molar-refractivity contribution in [1.82, 2.24) is 19.6 Å². The first-order valence-electron chi connectivity index (χ1n) is 10.00. The van der Waals surface area contributed by atoms with Crippen LogP contribution in [-0.4, -0.2) is 31.4 Å². The van der Waals surface area contributed by atoms with Crippen molar-refractivity contribution in [2.45, 2.75) is 65.8 Å². The minimum Gasteiger partial charge on any atom is -0.317 e. The van der Waals surface area contributed by atoms with Crippen LogP contribution in [0.2, 0.25) is 0 Å². The molecule has 3 rings (SSSR count). The van der Waals surface area contributed by atoms with Gasteiger partial charge in [-0.1, -0.05) is 19.3 Å². The maximum Gasteiger partial charge on any atom is 0.276 e. The Morgan fingerprint density at radius 2 is 1.79 bits per heavy atom. The van der Waals surface area contributed by atoms with Crippen LogP contribution in [0.4, 0.5) is 11.5 Å². The highest BCUT2D eigenvalue weighted by Crippen LogP contribution is 2.26. The number of rotatable bonds is 5. The molecule has 0 aromatic carbocycles. The van der Waals surface area contributed by atoms with Crippen molar-refractivity contribution in [2.75, 3.05) is 10.6 Å². The van der Waals surface area contributed by atoms with Crippen LogP contribution >= 0.6 is 0 Å². The average Bonchev–Trinajstić information content (AvgIpc) is 3.17. The lowest BCUT2D eigenvalue weighted by Gasteiger charge is -2.20. The van der Waals surface area contributed by atoms with Crippen LogP contribution in [0.5, 0.6) is 0 Å². The van der Waals surface area contributed by atoms with E-state index in [9.17, 15) is 9.59 Å². The van der Waals surface area contributed by atoms with Gasteiger partial charge in [0.05, 0.1) is 17.1 Å². The summed E-state index contributed by atoms with van der Waals surface area (Å²) in [6.07, 6.45) is 5.25. The maximum absolute atomic E-state index is 12.7. The van der Waals surface area contributed by atoms with Crippen LogP contribution in [0, 0.1) is 19.8 Å². The lowest BCUT2D eigenvalue weighted by Crippen LogP contribution is -2.25. The average molecular weight is 387 g/mol. The largest absolute Gasteiger partial charge is 0.317 e. The van der Waals surface area contributed by atoms with E-state index in [1.807, 2.05) is 32.4 Å². The lowest BCUT2D eigenvalue weighted by molar-refractivity contribution is -0.120. The number of aromatic nitrogens is 4. The quantitative estimate of drug-likeness (QED) is 0.821. The van der Waals surface area contributed by atoms with E-state index < -0.39 is 0 Å². The van der Waals surface area contributed by atoms with E-state index in [0.29, 0.717) is 11.5 Å². The smallest absolute Gasteiger partial charge is 0.276 e. The molecule has 2 aromatic heterocycles. The summed E-state index contributed by atoms with van der Waals surface area (Å²) in [6, 6.07) is 1.83. The summed E-state index contributed by atoms with van der Waals surface area (Å²) in [5.41, 5.74) is 2.64. The molecular formula is C20H30N6O2. The Bertz CT molecular complexity index is 874. The highest BCUT2D eigenvalue weighted by atomic mass is 16.2. The summed E-state index contributed by atoms with van der Waals surface area (Å²) in [7, 11) is 1.72. The number of hydrogen-bond donors (Lipinski definition) is 2. The van der Waals surface area contributed by atoms with Gasteiger partial charge in [0.2, 0.25) is 5.91 Å². The first-order chi connectivity index (χ1) is 13.3. The van der Waals surface area contributed by atoms with Crippen molar-refractivity contribution < 1.29 is 9.59 Å². The number of nitrogens with zero attached hydrogens (tertiary/aromatic N) is 4. The number of carbonyl (C=O) groups excluding carboxylic acids is 2. The van der Waals surface area contributed by atoms with Gasteiger partial charge in [-0.15, -0.1) is 0 Å². The number of hydrogen-bond acceptors (Lipinski definition) is 4. The minimum absolute atomic E-state index is 0.0135. The molecule has 1 fully saturated rings. The topological polar surface area (TPSA) is 93.8 Å². The fourth-order valence-electron chi connectivity index (χ4n) is 3.81. The van der Waals surface area contributed by atoms with Gasteiger partial charge >= 0.3 is 0 Å². The lowest BCUT2D eigenvalue weighted by atomic mass is 9.89. The van der Waals surface area contributed by atoms with E-state index in [1.165, 1.54) is 11.1 Å². The molecular weight excluding hydrogens is 356 g/mol. The van der Waals surface area contributed by atoms with Crippen LogP contribution < -0.4 is 10.6 Å². The number of aryl methyl sites for hydroxylation is 2. The second-order valence-electron chi connectivity index (χ2n) is 7.90. The first kappa shape index (κ1) is 20.1. The zero-order valence-electron chi connectivity index (χ0n) is 17.4. The minimum atomic E-state index is -0.316. The van der Waals surface area contributed by atoms with Crippen molar-refractivity contribution in [3.8, 4) is 0 Å². The summed E-state index contributed by atoms with van der Waals surface area (Å²) in [5, 5.41) is 14.6. The van der Waals surface area contributed by atoms with Gasteiger partial charge in [-0.2, -0.15) is 10.2 Å². The van der Waals surface area contributed by atoms with Crippen LogP contribution in [0.3, 0.4) is 0 Å². The fourth-order valence-corrected chi connectivity index (χ4v) is 3.81. The van der Waals surface area contributed by atoms with Crippen molar-refractivity contribution in [1.29, 1.82) is 0 Å². The van der Waals surface area contributed by atoms with Crippen molar-refractivity contribution in [3.63, 3.8) is 0 Å². The number of amides is 2. The number of nitrogens with one attached hydrogen (secondary N) is 2. The molecule has 2 amide bonds. The Morgan fingerprint density at radius 1 is 1.11 bits per heavy atom. The molecule has 8 nitrogen and oxygen atoms in total. The SMILES string of the molecule is Cc1nn(C(C)C)c(C)c1NC(=O)c1cc(NC(=O)C2CCCCC2)n(C)n1. The van der Waals surface area contributed by atoms with E-state index >= 15 is 0 Å². The molecule has 0 aliphatic heterocycles. The molecule has 0 bridgehead atoms. The molecule has 1 aliphatic rings. The zero-order valence-corrected chi connectivity index (χ0v) is 17.4. The predicted molar refractivity (Wildman–Crippen MR) is 108 cm³/mol. The van der Waals surface area contributed by atoms with Crippen molar-refractivity contribution >= 4 is 23.3 Å². The van der Waals surface area contributed by atoms with Gasteiger partial charge in [-0.05, 0) is 40.5 Å². The van der Waals surface area contributed by atoms with Gasteiger partial charge in [0.1, 0.15) is 5.82 Å². The third kappa shape index (κ3) is 4.10. The van der Waals surface area contributed by atoms with Gasteiger partial charge in [-0.25, -0.2) is 0 Å². The standard InChI is InChI=1S/C20H30N6O2/c1-12(2)26-14(4)18(13(3)23-26)22-20(28)16-11-17(25(5)24-16)21-19(27)15-9-7-6-8-10-15/h11-12,15H,6-10H2,1-5H3,(H,21,27)(H,22,28). The fraction of sp³-hybridized carbons (Fsp3) is 0.600. The van der Waals surface area contributed by atoms with Crippen LogP contribution in [0.25, 0.3) is 0 Å². The highest BCUT2D eigenvalue weighted by molar-refractivity contribution is 6.04.